The molecule has 2 atom stereocenters. The molecule has 1 unspecified atom stereocenters. The molecule has 0 radical (unpaired) electrons. The largest absolute Gasteiger partial charge is 0.514 e. The van der Waals surface area contributed by atoms with Crippen LogP contribution in [0.5, 0.6) is 0 Å². The van der Waals surface area contributed by atoms with Gasteiger partial charge in [0.25, 0.3) is 11.8 Å². The Morgan fingerprint density at radius 1 is 0.957 bits per heavy atom. The minimum absolute atomic E-state index is 0.204. The summed E-state index contributed by atoms with van der Waals surface area (Å²) in [6.45, 7) is 15.5. The van der Waals surface area contributed by atoms with Gasteiger partial charge in [-0.15, -0.1) is 11.3 Å². The van der Waals surface area contributed by atoms with Gasteiger partial charge in [-0.1, -0.05) is 37.4 Å². The number of carboxylic acid groups (broad SMARTS) is 1. The van der Waals surface area contributed by atoms with Gasteiger partial charge in [-0.05, 0) is 88.4 Å². The molecule has 246 valence electrons. The second kappa shape index (κ2) is 13.0. The van der Waals surface area contributed by atoms with E-state index in [1.54, 1.807) is 68.5 Å². The smallest absolute Gasteiger partial charge is 0.444 e. The molecule has 0 saturated carbocycles. The van der Waals surface area contributed by atoms with E-state index in [1.165, 1.54) is 0 Å². The molecule has 0 aliphatic carbocycles. The van der Waals surface area contributed by atoms with Gasteiger partial charge in [-0.25, -0.2) is 9.28 Å². The summed E-state index contributed by atoms with van der Waals surface area (Å²) in [5.74, 6) is -0.647. The zero-order valence-corrected chi connectivity index (χ0v) is 29.6. The average molecular weight is 666 g/mol. The van der Waals surface area contributed by atoms with Crippen molar-refractivity contribution in [3.8, 4) is 10.4 Å². The maximum Gasteiger partial charge on any atom is 0.514 e. The van der Waals surface area contributed by atoms with Gasteiger partial charge in [0.1, 0.15) is 19.2 Å². The summed E-state index contributed by atoms with van der Waals surface area (Å²) in [5.41, 5.74) is 1.53. The van der Waals surface area contributed by atoms with Crippen molar-refractivity contribution in [1.29, 1.82) is 0 Å². The van der Waals surface area contributed by atoms with Crippen molar-refractivity contribution in [1.82, 2.24) is 5.32 Å². The molecule has 0 spiro atoms. The van der Waals surface area contributed by atoms with E-state index in [0.29, 0.717) is 29.2 Å². The maximum atomic E-state index is 13.5. The Bertz CT molecular complexity index is 1610. The number of quaternary nitrogens is 1. The number of thiophene rings is 1. The van der Waals surface area contributed by atoms with Gasteiger partial charge in [0, 0.05) is 23.0 Å². The number of anilines is 2. The lowest BCUT2D eigenvalue weighted by atomic mass is 9.99. The van der Waals surface area contributed by atoms with Crippen LogP contribution >= 0.6 is 11.3 Å². The van der Waals surface area contributed by atoms with E-state index >= 15 is 0 Å². The molecule has 4 amide bonds. The molecule has 2 heterocycles. The molecule has 1 aliphatic heterocycles. The molecule has 1 aromatic heterocycles. The highest BCUT2D eigenvalue weighted by atomic mass is 32.1. The quantitative estimate of drug-likeness (QED) is 0.152. The van der Waals surface area contributed by atoms with Crippen LogP contribution in [0.1, 0.15) is 57.5 Å². The number of rotatable bonds is 7. The Morgan fingerprint density at radius 2 is 1.63 bits per heavy atom. The monoisotopic (exact) mass is 665 g/mol. The number of carbonyl (C=O) groups excluding carboxylic acids is 3. The zero-order valence-electron chi connectivity index (χ0n) is 27.8. The summed E-state index contributed by atoms with van der Waals surface area (Å²) in [4.78, 5) is 53.0. The fourth-order valence-corrected chi connectivity index (χ4v) is 10.6. The molecule has 10 nitrogen and oxygen atoms in total. The predicted octanol–water partition coefficient (Wildman–Crippen LogP) is 7.55. The Balaban J connectivity index is 1.48. The molecule has 0 bridgehead atoms. The second-order valence-electron chi connectivity index (χ2n) is 14.6. The number of hydrogen-bond donors (Lipinski definition) is 4. The van der Waals surface area contributed by atoms with Crippen molar-refractivity contribution in [2.45, 2.75) is 84.4 Å². The standard InChI is InChI=1S/C34H44N4O6SSi/c1-33(2,3)38(32(42)43)21-46(7,8)20-27(38)30(40)35-19-22-11-13-23(14-12-22)29(39)36-26-18-24(28-10-9-17-45-28)15-16-25(26)37-31(41)44-34(4,5)6/h9-18,27H,19-21H2,1-8H3,(H3-,35,36,37,39,40,41,42,43)/p+1/t27-,38?/m0/s1. The third-order valence-corrected chi connectivity index (χ3v) is 12.0. The van der Waals surface area contributed by atoms with Gasteiger partial charge in [-0.3, -0.25) is 14.9 Å². The minimum atomic E-state index is -1.92. The molecular formula is C34H45N4O6SSi+. The summed E-state index contributed by atoms with van der Waals surface area (Å²) < 4.78 is 5.14. The van der Waals surface area contributed by atoms with E-state index in [9.17, 15) is 24.3 Å². The maximum absolute atomic E-state index is 13.5. The van der Waals surface area contributed by atoms with Crippen LogP contribution in [0.2, 0.25) is 19.1 Å². The number of benzene rings is 2. The summed E-state index contributed by atoms with van der Waals surface area (Å²) in [6, 6.07) is 16.1. The van der Waals surface area contributed by atoms with E-state index in [-0.39, 0.29) is 22.8 Å². The highest BCUT2D eigenvalue weighted by molar-refractivity contribution is 7.13. The number of amides is 4. The van der Waals surface area contributed by atoms with E-state index in [1.807, 2.05) is 44.4 Å². The zero-order chi connectivity index (χ0) is 34.1. The van der Waals surface area contributed by atoms with Crippen molar-refractivity contribution in [2.75, 3.05) is 16.8 Å². The molecule has 1 fully saturated rings. The number of hydrogen-bond acceptors (Lipinski definition) is 6. The first-order chi connectivity index (χ1) is 21.3. The van der Waals surface area contributed by atoms with Gasteiger partial charge < -0.3 is 20.5 Å². The molecule has 46 heavy (non-hydrogen) atoms. The van der Waals surface area contributed by atoms with Crippen LogP contribution in [0.4, 0.5) is 21.0 Å². The number of carbonyl (C=O) groups is 4. The highest BCUT2D eigenvalue weighted by Crippen LogP contribution is 2.41. The van der Waals surface area contributed by atoms with Gasteiger partial charge in [-0.2, -0.15) is 4.79 Å². The van der Waals surface area contributed by atoms with Crippen molar-refractivity contribution in [3.05, 3.63) is 71.1 Å². The lowest BCUT2D eigenvalue weighted by Gasteiger charge is -2.44. The fourth-order valence-electron chi connectivity index (χ4n) is 6.06. The van der Waals surface area contributed by atoms with Crippen LogP contribution in [-0.2, 0) is 16.1 Å². The lowest BCUT2D eigenvalue weighted by molar-refractivity contribution is -0.901. The van der Waals surface area contributed by atoms with E-state index < -0.39 is 37.4 Å². The molecule has 2 aromatic carbocycles. The van der Waals surface area contributed by atoms with Crippen LogP contribution in [-0.4, -0.2) is 65.0 Å². The number of ether oxygens (including phenoxy) is 1. The Morgan fingerprint density at radius 3 is 2.20 bits per heavy atom. The molecule has 1 aliphatic rings. The van der Waals surface area contributed by atoms with Crippen molar-refractivity contribution in [3.63, 3.8) is 0 Å². The van der Waals surface area contributed by atoms with Crippen LogP contribution in [0.3, 0.4) is 0 Å². The Labute approximate surface area is 275 Å². The summed E-state index contributed by atoms with van der Waals surface area (Å²) >= 11 is 1.56. The van der Waals surface area contributed by atoms with Gasteiger partial charge >= 0.3 is 12.2 Å². The molecule has 12 heteroatoms. The van der Waals surface area contributed by atoms with Crippen LogP contribution < -0.4 is 16.0 Å². The average Bonchev–Trinajstić information content (AvgIpc) is 3.58. The number of nitrogens with zero attached hydrogens (tertiary/aromatic N) is 1. The van der Waals surface area contributed by atoms with Gasteiger partial charge in [0.15, 0.2) is 6.04 Å². The Kier molecular flexibility index (Phi) is 9.86. The van der Waals surface area contributed by atoms with Crippen LogP contribution in [0.25, 0.3) is 10.4 Å². The summed E-state index contributed by atoms with van der Waals surface area (Å²) in [6.07, 6.45) is -1.10. The van der Waals surface area contributed by atoms with Crippen LogP contribution in [0, 0.1) is 0 Å². The van der Waals surface area contributed by atoms with Gasteiger partial charge in [0.2, 0.25) is 0 Å². The van der Waals surface area contributed by atoms with Crippen molar-refractivity contribution in [2.24, 2.45) is 0 Å². The summed E-state index contributed by atoms with van der Waals surface area (Å²) in [7, 11) is -1.92. The second-order valence-corrected chi connectivity index (χ2v) is 20.6. The predicted molar refractivity (Wildman–Crippen MR) is 185 cm³/mol. The number of nitrogens with one attached hydrogen (secondary N) is 3. The molecule has 3 aromatic rings. The third kappa shape index (κ3) is 7.86. The molecular weight excluding hydrogens is 621 g/mol. The molecule has 4 N–H and O–H groups in total. The molecule has 1 saturated heterocycles. The van der Waals surface area contributed by atoms with E-state index in [4.69, 9.17) is 4.74 Å². The topological polar surface area (TPSA) is 134 Å². The Hall–Kier alpha value is -4.00. The first-order valence-electron chi connectivity index (χ1n) is 15.3. The van der Waals surface area contributed by atoms with Crippen LogP contribution in [0.15, 0.2) is 60.0 Å². The SMILES string of the molecule is CC(C)(C)OC(=O)Nc1ccc(-c2cccs2)cc1NC(=O)c1ccc(CNC(=O)[C@@H]2C[Si](C)(C)C[N+]2(C(=O)O)C(C)(C)C)cc1. The lowest BCUT2D eigenvalue weighted by Crippen LogP contribution is -2.69. The van der Waals surface area contributed by atoms with Crippen molar-refractivity contribution >= 4 is 54.8 Å². The van der Waals surface area contributed by atoms with Gasteiger partial charge in [0.05, 0.1) is 17.5 Å². The third-order valence-electron chi connectivity index (χ3n) is 8.19. The van der Waals surface area contributed by atoms with E-state index in [0.717, 1.165) is 16.0 Å². The first-order valence-corrected chi connectivity index (χ1v) is 19.6. The normalized spacial score (nSPS) is 19.3. The fraction of sp³-hybridized carbons (Fsp3) is 0.412. The highest BCUT2D eigenvalue weighted by Gasteiger charge is 2.64. The van der Waals surface area contributed by atoms with Crippen molar-refractivity contribution < 1.29 is 33.5 Å². The van der Waals surface area contributed by atoms with E-state index in [2.05, 4.69) is 29.0 Å². The molecule has 4 rings (SSSR count). The first kappa shape index (κ1) is 34.9. The minimum Gasteiger partial charge on any atom is -0.444 e. The summed E-state index contributed by atoms with van der Waals surface area (Å²) in [5, 5.41) is 20.9.